The van der Waals surface area contributed by atoms with E-state index in [0.717, 1.165) is 38.1 Å². The third-order valence-electron chi connectivity index (χ3n) is 6.18. The van der Waals surface area contributed by atoms with Gasteiger partial charge in [0.1, 0.15) is 12.1 Å². The van der Waals surface area contributed by atoms with E-state index in [9.17, 15) is 13.6 Å². The second-order valence-corrected chi connectivity index (χ2v) is 9.79. The van der Waals surface area contributed by atoms with E-state index in [1.807, 2.05) is 0 Å². The number of nitrogens with zero attached hydrogens (tertiary/aromatic N) is 4. The van der Waals surface area contributed by atoms with Crippen LogP contribution in [0.4, 0.5) is 14.5 Å². The molecule has 2 heterocycles. The average molecular weight is 505 g/mol. The Kier molecular flexibility index (Phi) is 8.04. The van der Waals surface area contributed by atoms with Gasteiger partial charge in [-0.25, -0.2) is 18.8 Å². The van der Waals surface area contributed by atoms with Gasteiger partial charge in [-0.05, 0) is 57.4 Å². The van der Waals surface area contributed by atoms with E-state index in [4.69, 9.17) is 4.42 Å². The van der Waals surface area contributed by atoms with Gasteiger partial charge in [0.25, 0.3) is 12.3 Å². The Bertz CT molecular complexity index is 1110. The van der Waals surface area contributed by atoms with Crippen LogP contribution in [0.1, 0.15) is 80.0 Å². The van der Waals surface area contributed by atoms with Gasteiger partial charge in [0, 0.05) is 29.8 Å². The van der Waals surface area contributed by atoms with Crippen LogP contribution in [0.3, 0.4) is 0 Å². The number of aliphatic imine (C=N–C) groups is 1. The summed E-state index contributed by atoms with van der Waals surface area (Å²) in [5.41, 5.74) is 0.129. The summed E-state index contributed by atoms with van der Waals surface area (Å²) < 4.78 is 34.1. The number of hydrogen-bond acceptors (Lipinski definition) is 7. The van der Waals surface area contributed by atoms with Gasteiger partial charge in [0.05, 0.1) is 11.7 Å². The Morgan fingerprint density at radius 2 is 2.09 bits per heavy atom. The molecule has 2 aliphatic carbocycles. The van der Waals surface area contributed by atoms with Gasteiger partial charge in [-0.15, -0.1) is 0 Å². The number of nitrogens with one attached hydrogen (secondary N) is 2. The number of alkyl halides is 2. The molecule has 0 radical (unpaired) electrons. The molecule has 0 aromatic carbocycles. The van der Waals surface area contributed by atoms with Crippen molar-refractivity contribution in [1.82, 2.24) is 20.1 Å². The summed E-state index contributed by atoms with van der Waals surface area (Å²) in [4.78, 5) is 21.1. The normalized spacial score (nSPS) is 21.0. The Morgan fingerprint density at radius 3 is 2.77 bits per heavy atom. The van der Waals surface area contributed by atoms with E-state index in [1.165, 1.54) is 30.0 Å². The smallest absolute Gasteiger partial charge is 0.284 e. The summed E-state index contributed by atoms with van der Waals surface area (Å²) >= 11 is 4.48. The van der Waals surface area contributed by atoms with Gasteiger partial charge < -0.3 is 15.1 Å². The second kappa shape index (κ2) is 11.2. The minimum absolute atomic E-state index is 0.00893. The van der Waals surface area contributed by atoms with Crippen LogP contribution in [-0.2, 0) is 0 Å². The lowest BCUT2D eigenvalue weighted by Crippen LogP contribution is -2.18. The number of carbonyl (C=O) groups excluding carboxylic acids is 1. The van der Waals surface area contributed by atoms with Crippen molar-refractivity contribution in [3.8, 4) is 0 Å². The number of amides is 1. The van der Waals surface area contributed by atoms with Crippen molar-refractivity contribution in [3.05, 3.63) is 48.2 Å². The molecule has 2 aliphatic rings. The minimum atomic E-state index is -2.82. The maximum absolute atomic E-state index is 13.6. The lowest BCUT2D eigenvalue weighted by molar-refractivity contribution is 0.102. The third kappa shape index (κ3) is 6.81. The van der Waals surface area contributed by atoms with Crippen LogP contribution in [0.2, 0.25) is 0 Å². The Labute approximate surface area is 208 Å². The summed E-state index contributed by atoms with van der Waals surface area (Å²) in [6.45, 7) is 6.49. The van der Waals surface area contributed by atoms with E-state index in [0.29, 0.717) is 16.6 Å². The zero-order valence-electron chi connectivity index (χ0n) is 19.6. The Balaban J connectivity index is 1.38. The standard InChI is InChI=1S/C24H30F2N6O2S/c1-14(9-10-27-15(2)28-11-16-3-4-16)24-30-20(13-34-24)23(33)29-19-12-32(31-21(19)22(25)26)17-5-7-18(35)8-6-17/h9-10,12-13,16-18,22,28,35H,2-8,11H2,1H3,(H,29,33)/b14-9+,27-10?. The number of rotatable bonds is 10. The van der Waals surface area contributed by atoms with Crippen LogP contribution >= 0.6 is 12.6 Å². The molecule has 188 valence electrons. The molecule has 2 saturated carbocycles. The van der Waals surface area contributed by atoms with Crippen LogP contribution in [0.25, 0.3) is 5.57 Å². The molecule has 2 aromatic heterocycles. The van der Waals surface area contributed by atoms with Crippen LogP contribution in [0.5, 0.6) is 0 Å². The fraction of sp³-hybridized carbons (Fsp3) is 0.500. The minimum Gasteiger partial charge on any atom is -0.444 e. The van der Waals surface area contributed by atoms with Crippen LogP contribution in [0, 0.1) is 5.92 Å². The van der Waals surface area contributed by atoms with E-state index < -0.39 is 18.0 Å². The predicted octanol–water partition coefficient (Wildman–Crippen LogP) is 5.42. The zero-order valence-corrected chi connectivity index (χ0v) is 20.5. The van der Waals surface area contributed by atoms with E-state index in [1.54, 1.807) is 19.2 Å². The first-order chi connectivity index (χ1) is 16.8. The molecule has 0 aliphatic heterocycles. The molecular weight excluding hydrogens is 474 g/mol. The summed E-state index contributed by atoms with van der Waals surface area (Å²) in [6, 6.07) is 0.00893. The molecule has 1 amide bonds. The highest BCUT2D eigenvalue weighted by molar-refractivity contribution is 7.80. The van der Waals surface area contributed by atoms with Crippen molar-refractivity contribution < 1.29 is 18.0 Å². The van der Waals surface area contributed by atoms with Gasteiger partial charge >= 0.3 is 0 Å². The monoisotopic (exact) mass is 504 g/mol. The molecule has 2 N–H and O–H groups in total. The van der Waals surface area contributed by atoms with Crippen LogP contribution < -0.4 is 10.6 Å². The van der Waals surface area contributed by atoms with Crippen molar-refractivity contribution in [1.29, 1.82) is 0 Å². The quantitative estimate of drug-likeness (QED) is 0.297. The largest absolute Gasteiger partial charge is 0.444 e. The van der Waals surface area contributed by atoms with E-state index in [2.05, 4.69) is 44.9 Å². The molecule has 2 fully saturated rings. The highest BCUT2D eigenvalue weighted by Crippen LogP contribution is 2.34. The predicted molar refractivity (Wildman–Crippen MR) is 134 cm³/mol. The maximum atomic E-state index is 13.6. The molecule has 0 bridgehead atoms. The Morgan fingerprint density at radius 1 is 1.34 bits per heavy atom. The lowest BCUT2D eigenvalue weighted by Gasteiger charge is -2.25. The topological polar surface area (TPSA) is 97.3 Å². The highest BCUT2D eigenvalue weighted by Gasteiger charge is 2.26. The summed E-state index contributed by atoms with van der Waals surface area (Å²) in [7, 11) is 0. The molecular formula is C24H30F2N6O2S. The first kappa shape index (κ1) is 25.2. The second-order valence-electron chi connectivity index (χ2n) is 9.06. The highest BCUT2D eigenvalue weighted by atomic mass is 32.1. The van der Waals surface area contributed by atoms with Gasteiger partial charge in [-0.3, -0.25) is 9.48 Å². The number of aromatic nitrogens is 3. The molecule has 8 nitrogen and oxygen atoms in total. The van der Waals surface area contributed by atoms with Gasteiger partial charge in [-0.2, -0.15) is 17.7 Å². The first-order valence-corrected chi connectivity index (χ1v) is 12.3. The molecule has 11 heteroatoms. The summed E-state index contributed by atoms with van der Waals surface area (Å²) in [6.07, 6.45) is 8.98. The third-order valence-corrected chi connectivity index (χ3v) is 6.69. The molecule has 2 aromatic rings. The van der Waals surface area contributed by atoms with Gasteiger partial charge in [-0.1, -0.05) is 6.58 Å². The number of anilines is 1. The molecule has 0 atom stereocenters. The summed E-state index contributed by atoms with van der Waals surface area (Å²) in [5, 5.41) is 10.1. The lowest BCUT2D eigenvalue weighted by atomic mass is 9.95. The number of thiol groups is 1. The van der Waals surface area contributed by atoms with E-state index in [-0.39, 0.29) is 23.3 Å². The summed E-state index contributed by atoms with van der Waals surface area (Å²) in [5.74, 6) is 0.865. The molecule has 4 rings (SSSR count). The fourth-order valence-electron chi connectivity index (χ4n) is 3.86. The number of carbonyl (C=O) groups is 1. The van der Waals surface area contributed by atoms with Crippen LogP contribution in [0.15, 0.2) is 40.3 Å². The van der Waals surface area contributed by atoms with Gasteiger partial charge in [0.2, 0.25) is 5.89 Å². The van der Waals surface area contributed by atoms with E-state index >= 15 is 0 Å². The van der Waals surface area contributed by atoms with Gasteiger partial charge in [0.15, 0.2) is 11.4 Å². The van der Waals surface area contributed by atoms with Crippen molar-refractivity contribution in [2.45, 2.75) is 63.2 Å². The average Bonchev–Trinajstić information content (AvgIpc) is 3.35. The Hall–Kier alpha value is -2.95. The number of hydrogen-bond donors (Lipinski definition) is 3. The number of allylic oxidation sites excluding steroid dienone is 2. The van der Waals surface area contributed by atoms with Crippen molar-refractivity contribution in [2.75, 3.05) is 11.9 Å². The molecule has 0 saturated heterocycles. The maximum Gasteiger partial charge on any atom is 0.284 e. The molecule has 35 heavy (non-hydrogen) atoms. The number of oxazole rings is 1. The van der Waals surface area contributed by atoms with Crippen molar-refractivity contribution in [3.63, 3.8) is 0 Å². The van der Waals surface area contributed by atoms with Crippen molar-refractivity contribution in [2.24, 2.45) is 10.9 Å². The SMILES string of the molecule is C=C(N=C/C=C(\C)c1nc(C(=O)Nc2cn(C3CCC(S)CC3)nc2C(F)F)co1)NCC1CC1. The molecule has 0 unspecified atom stereocenters. The fourth-order valence-corrected chi connectivity index (χ4v) is 4.16. The first-order valence-electron chi connectivity index (χ1n) is 11.8. The zero-order chi connectivity index (χ0) is 24.9. The molecule has 0 spiro atoms. The van der Waals surface area contributed by atoms with Crippen LogP contribution in [-0.4, -0.2) is 38.7 Å². The van der Waals surface area contributed by atoms with Crippen molar-refractivity contribution >= 4 is 36.0 Å². The number of halogens is 2.